The van der Waals surface area contributed by atoms with Crippen LogP contribution in [0.5, 0.6) is 0 Å². The number of halogens is 4. The Hall–Kier alpha value is -0.250. The first-order chi connectivity index (χ1) is 10.2. The van der Waals surface area contributed by atoms with Gasteiger partial charge in [0.2, 0.25) is 0 Å². The number of nitrogens with one attached hydrogen (secondary N) is 1. The van der Waals surface area contributed by atoms with E-state index >= 15 is 0 Å². The van der Waals surface area contributed by atoms with Crippen LogP contribution < -0.4 is 5.32 Å². The Kier molecular flexibility index (Phi) is 7.43. The lowest BCUT2D eigenvalue weighted by Crippen LogP contribution is -2.56. The van der Waals surface area contributed by atoms with Crippen LogP contribution in [0.1, 0.15) is 33.6 Å². The predicted molar refractivity (Wildman–Crippen MR) is 97.4 cm³/mol. The number of rotatable bonds is 4. The van der Waals surface area contributed by atoms with Crippen LogP contribution in [0.2, 0.25) is 0 Å². The van der Waals surface area contributed by atoms with Gasteiger partial charge in [-0.1, -0.05) is 6.92 Å². The summed E-state index contributed by atoms with van der Waals surface area (Å²) in [7, 11) is 0. The zero-order chi connectivity index (χ0) is 16.4. The third kappa shape index (κ3) is 5.95. The predicted octanol–water partition coefficient (Wildman–Crippen LogP) is 2.94. The van der Waals surface area contributed by atoms with E-state index in [0.29, 0.717) is 31.6 Å². The van der Waals surface area contributed by atoms with Crippen LogP contribution in [-0.4, -0.2) is 67.2 Å². The number of alkyl halides is 3. The lowest BCUT2D eigenvalue weighted by Gasteiger charge is -2.39. The highest BCUT2D eigenvalue weighted by Crippen LogP contribution is 2.45. The van der Waals surface area contributed by atoms with Crippen LogP contribution in [0.25, 0.3) is 0 Å². The van der Waals surface area contributed by atoms with Crippen molar-refractivity contribution in [2.75, 3.05) is 39.3 Å². The van der Waals surface area contributed by atoms with Crippen molar-refractivity contribution in [1.29, 1.82) is 0 Å². The molecule has 0 aromatic carbocycles. The summed E-state index contributed by atoms with van der Waals surface area (Å²) in [6, 6.07) is -1.38. The Labute approximate surface area is 153 Å². The summed E-state index contributed by atoms with van der Waals surface area (Å²) < 4.78 is 38.3. The molecule has 2 fully saturated rings. The van der Waals surface area contributed by atoms with Gasteiger partial charge in [-0.15, -0.1) is 24.0 Å². The fraction of sp³-hybridized carbons (Fsp3) is 0.933. The van der Waals surface area contributed by atoms with E-state index < -0.39 is 12.2 Å². The highest BCUT2D eigenvalue weighted by molar-refractivity contribution is 14.0. The van der Waals surface area contributed by atoms with Crippen molar-refractivity contribution < 1.29 is 13.2 Å². The molecule has 1 aliphatic heterocycles. The Bertz CT molecular complexity index is 402. The molecule has 0 amide bonds. The fourth-order valence-electron chi connectivity index (χ4n) is 2.59. The molecule has 1 atom stereocenters. The second-order valence-electron chi connectivity index (χ2n) is 6.72. The van der Waals surface area contributed by atoms with Crippen LogP contribution in [0.4, 0.5) is 13.2 Å². The number of guanidine groups is 1. The van der Waals surface area contributed by atoms with Crippen LogP contribution >= 0.6 is 24.0 Å². The van der Waals surface area contributed by atoms with Gasteiger partial charge in [-0.3, -0.25) is 9.89 Å². The van der Waals surface area contributed by atoms with E-state index in [1.807, 2.05) is 6.92 Å². The highest BCUT2D eigenvalue weighted by Gasteiger charge is 2.41. The van der Waals surface area contributed by atoms with Gasteiger partial charge in [0, 0.05) is 39.3 Å². The minimum absolute atomic E-state index is 0. The summed E-state index contributed by atoms with van der Waals surface area (Å²) in [5, 5.41) is 3.26. The maximum atomic E-state index is 12.8. The smallest absolute Gasteiger partial charge is 0.357 e. The van der Waals surface area contributed by atoms with Crippen molar-refractivity contribution in [2.45, 2.75) is 45.8 Å². The quantitative estimate of drug-likeness (QED) is 0.408. The zero-order valence-electron chi connectivity index (χ0n) is 14.1. The maximum Gasteiger partial charge on any atom is 0.403 e. The second kappa shape index (κ2) is 8.22. The first kappa shape index (κ1) is 20.8. The largest absolute Gasteiger partial charge is 0.403 e. The SMILES string of the molecule is CCNC(=NCC1(C)CC1)N1CCN(C(C)C(F)(F)F)CC1.I. The van der Waals surface area contributed by atoms with Crippen molar-refractivity contribution in [3.8, 4) is 0 Å². The molecule has 1 heterocycles. The number of nitrogens with zero attached hydrogens (tertiary/aromatic N) is 3. The molecule has 1 N–H and O–H groups in total. The Morgan fingerprint density at radius 2 is 1.78 bits per heavy atom. The number of piperazine rings is 1. The average Bonchev–Trinajstić information content (AvgIpc) is 3.20. The van der Waals surface area contributed by atoms with E-state index in [4.69, 9.17) is 0 Å². The van der Waals surface area contributed by atoms with E-state index in [1.54, 1.807) is 0 Å². The molecule has 0 spiro atoms. The first-order valence-electron chi connectivity index (χ1n) is 8.09. The minimum atomic E-state index is -4.15. The van der Waals surface area contributed by atoms with Gasteiger partial charge in [0.05, 0.1) is 0 Å². The summed E-state index contributed by atoms with van der Waals surface area (Å²) in [6.45, 7) is 9.06. The van der Waals surface area contributed by atoms with Gasteiger partial charge >= 0.3 is 6.18 Å². The van der Waals surface area contributed by atoms with Crippen molar-refractivity contribution in [1.82, 2.24) is 15.1 Å². The number of hydrogen-bond acceptors (Lipinski definition) is 2. The zero-order valence-corrected chi connectivity index (χ0v) is 16.4. The molecule has 1 saturated carbocycles. The van der Waals surface area contributed by atoms with Gasteiger partial charge in [-0.25, -0.2) is 0 Å². The van der Waals surface area contributed by atoms with Crippen molar-refractivity contribution in [3.05, 3.63) is 0 Å². The fourth-order valence-corrected chi connectivity index (χ4v) is 2.59. The normalized spacial score (nSPS) is 23.2. The lowest BCUT2D eigenvalue weighted by atomic mass is 10.1. The monoisotopic (exact) mass is 448 g/mol. The summed E-state index contributed by atoms with van der Waals surface area (Å²) in [5.74, 6) is 0.843. The molecule has 23 heavy (non-hydrogen) atoms. The molecule has 0 radical (unpaired) electrons. The molecule has 4 nitrogen and oxygen atoms in total. The number of aliphatic imine (C=N–C) groups is 1. The molecule has 8 heteroatoms. The molecule has 1 aliphatic carbocycles. The van der Waals surface area contributed by atoms with E-state index in [-0.39, 0.29) is 24.0 Å². The molecule has 136 valence electrons. The molecule has 2 aliphatic rings. The summed E-state index contributed by atoms with van der Waals surface area (Å²) in [5.41, 5.74) is 0.341. The molecular weight excluding hydrogens is 420 g/mol. The summed E-state index contributed by atoms with van der Waals surface area (Å²) >= 11 is 0. The average molecular weight is 448 g/mol. The van der Waals surface area contributed by atoms with Gasteiger partial charge in [0.25, 0.3) is 0 Å². The summed E-state index contributed by atoms with van der Waals surface area (Å²) in [4.78, 5) is 8.26. The Balaban J connectivity index is 0.00000264. The molecule has 0 aromatic heterocycles. The minimum Gasteiger partial charge on any atom is -0.357 e. The van der Waals surface area contributed by atoms with Crippen molar-refractivity contribution in [2.24, 2.45) is 10.4 Å². The van der Waals surface area contributed by atoms with E-state index in [0.717, 1.165) is 19.0 Å². The topological polar surface area (TPSA) is 30.9 Å². The van der Waals surface area contributed by atoms with Gasteiger partial charge in [0.1, 0.15) is 6.04 Å². The van der Waals surface area contributed by atoms with Gasteiger partial charge in [-0.2, -0.15) is 13.2 Å². The summed E-state index contributed by atoms with van der Waals surface area (Å²) in [6.07, 6.45) is -1.72. The van der Waals surface area contributed by atoms with Crippen molar-refractivity contribution >= 4 is 29.9 Å². The Morgan fingerprint density at radius 3 is 2.22 bits per heavy atom. The van der Waals surface area contributed by atoms with E-state index in [2.05, 4.69) is 22.1 Å². The second-order valence-corrected chi connectivity index (χ2v) is 6.72. The number of hydrogen-bond donors (Lipinski definition) is 1. The van der Waals surface area contributed by atoms with Gasteiger partial charge in [-0.05, 0) is 32.1 Å². The molecule has 2 rings (SSSR count). The first-order valence-corrected chi connectivity index (χ1v) is 8.09. The lowest BCUT2D eigenvalue weighted by molar-refractivity contribution is -0.181. The third-order valence-corrected chi connectivity index (χ3v) is 4.68. The molecule has 1 saturated heterocycles. The Morgan fingerprint density at radius 1 is 1.22 bits per heavy atom. The maximum absolute atomic E-state index is 12.8. The van der Waals surface area contributed by atoms with Gasteiger partial charge in [0.15, 0.2) is 5.96 Å². The van der Waals surface area contributed by atoms with E-state index in [1.165, 1.54) is 24.7 Å². The molecule has 0 bridgehead atoms. The standard InChI is InChI=1S/C15H27F3N4.HI/c1-4-19-13(20-11-14(3)5-6-14)22-9-7-21(8-10-22)12(2)15(16,17)18;/h12H,4-11H2,1-3H3,(H,19,20);1H. The van der Waals surface area contributed by atoms with E-state index in [9.17, 15) is 13.2 Å². The van der Waals surface area contributed by atoms with Crippen LogP contribution in [0.15, 0.2) is 4.99 Å². The van der Waals surface area contributed by atoms with Gasteiger partial charge < -0.3 is 10.2 Å². The third-order valence-electron chi connectivity index (χ3n) is 4.68. The highest BCUT2D eigenvalue weighted by atomic mass is 127. The van der Waals surface area contributed by atoms with Crippen LogP contribution in [-0.2, 0) is 0 Å². The van der Waals surface area contributed by atoms with Crippen LogP contribution in [0, 0.1) is 5.41 Å². The van der Waals surface area contributed by atoms with Crippen LogP contribution in [0.3, 0.4) is 0 Å². The molecule has 1 unspecified atom stereocenters. The van der Waals surface area contributed by atoms with Crippen molar-refractivity contribution in [3.63, 3.8) is 0 Å². The molecular formula is C15H28F3IN4. The molecule has 0 aromatic rings.